The molecule has 2 heteroatoms. The quantitative estimate of drug-likeness (QED) is 0.519. The first-order chi connectivity index (χ1) is 4.77. The molecule has 0 heterocycles. The van der Waals surface area contributed by atoms with E-state index in [2.05, 4.69) is 0 Å². The van der Waals surface area contributed by atoms with E-state index in [9.17, 15) is 9.90 Å². The molecule has 0 aromatic rings. The number of carboxylic acids is 1. The Labute approximate surface area is 60.2 Å². The summed E-state index contributed by atoms with van der Waals surface area (Å²) in [5, 5.41) is 10.5. The molecule has 2 saturated carbocycles. The molecule has 0 N–H and O–H groups in total. The van der Waals surface area contributed by atoms with Crippen molar-refractivity contribution in [1.82, 2.24) is 0 Å². The third-order valence-corrected chi connectivity index (χ3v) is 3.04. The van der Waals surface area contributed by atoms with Crippen LogP contribution in [0.2, 0.25) is 0 Å². The molecule has 0 unspecified atom stereocenters. The zero-order valence-corrected chi connectivity index (χ0v) is 5.88. The van der Waals surface area contributed by atoms with Gasteiger partial charge in [-0.2, -0.15) is 0 Å². The fourth-order valence-electron chi connectivity index (χ4n) is 2.53. The Morgan fingerprint density at radius 3 is 2.40 bits per heavy atom. The maximum atomic E-state index is 10.5. The Balaban J connectivity index is 2.08. The van der Waals surface area contributed by atoms with Gasteiger partial charge in [0.05, 0.1) is 0 Å². The van der Waals surface area contributed by atoms with Gasteiger partial charge in [0.25, 0.3) is 0 Å². The Bertz CT molecular complexity index is 165. The van der Waals surface area contributed by atoms with E-state index in [1.165, 1.54) is 6.42 Å². The average Bonchev–Trinajstić information content (AvgIpc) is 2.44. The molecular formula is C8H11O2-. The van der Waals surface area contributed by atoms with Crippen LogP contribution in [0.3, 0.4) is 0 Å². The van der Waals surface area contributed by atoms with E-state index in [0.29, 0.717) is 11.8 Å². The van der Waals surface area contributed by atoms with Gasteiger partial charge in [-0.25, -0.2) is 0 Å². The predicted molar refractivity (Wildman–Crippen MR) is 33.9 cm³/mol. The molecule has 0 amide bonds. The van der Waals surface area contributed by atoms with Crippen molar-refractivity contribution in [2.24, 2.45) is 17.8 Å². The Morgan fingerprint density at radius 1 is 1.30 bits per heavy atom. The summed E-state index contributed by atoms with van der Waals surface area (Å²) in [5.41, 5.74) is 0. The minimum absolute atomic E-state index is 0.0984. The lowest BCUT2D eigenvalue weighted by Gasteiger charge is -2.21. The summed E-state index contributed by atoms with van der Waals surface area (Å²) in [5.74, 6) is 0.272. The van der Waals surface area contributed by atoms with E-state index in [4.69, 9.17) is 0 Å². The van der Waals surface area contributed by atoms with Gasteiger partial charge in [0.1, 0.15) is 0 Å². The highest BCUT2D eigenvalue weighted by molar-refractivity contribution is 5.68. The fourth-order valence-corrected chi connectivity index (χ4v) is 2.53. The van der Waals surface area contributed by atoms with Crippen molar-refractivity contribution in [2.75, 3.05) is 0 Å². The number of hydrogen-bond donors (Lipinski definition) is 0. The van der Waals surface area contributed by atoms with Crippen LogP contribution in [-0.2, 0) is 4.79 Å². The Kier molecular flexibility index (Phi) is 1.22. The van der Waals surface area contributed by atoms with Crippen molar-refractivity contribution < 1.29 is 9.90 Å². The lowest BCUT2D eigenvalue weighted by molar-refractivity contribution is -0.313. The number of carboxylic acid groups (broad SMARTS) is 1. The second-order valence-electron chi connectivity index (χ2n) is 3.60. The van der Waals surface area contributed by atoms with E-state index in [-0.39, 0.29) is 5.92 Å². The number of rotatable bonds is 1. The van der Waals surface area contributed by atoms with Gasteiger partial charge in [-0.05, 0) is 31.1 Å². The van der Waals surface area contributed by atoms with Crippen LogP contribution in [0, 0.1) is 17.8 Å². The minimum Gasteiger partial charge on any atom is -0.550 e. The molecule has 0 radical (unpaired) electrons. The van der Waals surface area contributed by atoms with E-state index in [0.717, 1.165) is 19.3 Å². The summed E-state index contributed by atoms with van der Waals surface area (Å²) in [4.78, 5) is 10.5. The van der Waals surface area contributed by atoms with Crippen molar-refractivity contribution in [1.29, 1.82) is 0 Å². The first-order valence-corrected chi connectivity index (χ1v) is 3.98. The molecule has 2 aliphatic carbocycles. The smallest absolute Gasteiger partial charge is 0.0448 e. The van der Waals surface area contributed by atoms with Crippen molar-refractivity contribution in [2.45, 2.75) is 25.7 Å². The molecule has 0 saturated heterocycles. The number of carbonyl (C=O) groups excluding carboxylic acids is 1. The van der Waals surface area contributed by atoms with E-state index < -0.39 is 5.97 Å². The lowest BCUT2D eigenvalue weighted by atomic mass is 9.89. The number of carbonyl (C=O) groups is 1. The highest BCUT2D eigenvalue weighted by Crippen LogP contribution is 2.47. The predicted octanol–water partition coefficient (Wildman–Crippen LogP) is 0.172. The number of fused-ring (bicyclic) bond motifs is 2. The number of aliphatic carboxylic acids is 1. The van der Waals surface area contributed by atoms with Crippen LogP contribution in [0.15, 0.2) is 0 Å². The Hall–Kier alpha value is -0.530. The van der Waals surface area contributed by atoms with Gasteiger partial charge >= 0.3 is 0 Å². The SMILES string of the molecule is O=C([O-])[C@H]1C[C@@H]2CC[C@H]1C2. The highest BCUT2D eigenvalue weighted by atomic mass is 16.4. The molecule has 0 aromatic heterocycles. The largest absolute Gasteiger partial charge is 0.550 e. The van der Waals surface area contributed by atoms with Gasteiger partial charge in [0, 0.05) is 11.9 Å². The summed E-state index contributed by atoms with van der Waals surface area (Å²) < 4.78 is 0. The second kappa shape index (κ2) is 1.97. The second-order valence-corrected chi connectivity index (χ2v) is 3.60. The molecule has 2 aliphatic rings. The highest BCUT2D eigenvalue weighted by Gasteiger charge is 2.39. The zero-order valence-electron chi connectivity index (χ0n) is 5.88. The van der Waals surface area contributed by atoms with Crippen molar-refractivity contribution in [3.63, 3.8) is 0 Å². The van der Waals surface area contributed by atoms with Gasteiger partial charge in [-0.1, -0.05) is 6.42 Å². The minimum atomic E-state index is -0.813. The van der Waals surface area contributed by atoms with Gasteiger partial charge in [0.15, 0.2) is 0 Å². The molecule has 0 spiro atoms. The van der Waals surface area contributed by atoms with Crippen LogP contribution in [0.5, 0.6) is 0 Å². The molecule has 2 rings (SSSR count). The van der Waals surface area contributed by atoms with Crippen LogP contribution >= 0.6 is 0 Å². The summed E-state index contributed by atoms with van der Waals surface area (Å²) >= 11 is 0. The third kappa shape index (κ3) is 0.746. The molecule has 3 atom stereocenters. The van der Waals surface area contributed by atoms with Gasteiger partial charge in [-0.3, -0.25) is 0 Å². The monoisotopic (exact) mass is 139 g/mol. The lowest BCUT2D eigenvalue weighted by Crippen LogP contribution is -2.34. The van der Waals surface area contributed by atoms with E-state index in [1.54, 1.807) is 0 Å². The first-order valence-electron chi connectivity index (χ1n) is 3.98. The maximum Gasteiger partial charge on any atom is 0.0448 e. The van der Waals surface area contributed by atoms with Crippen molar-refractivity contribution in [3.8, 4) is 0 Å². The molecule has 56 valence electrons. The van der Waals surface area contributed by atoms with Crippen LogP contribution in [0.1, 0.15) is 25.7 Å². The van der Waals surface area contributed by atoms with Gasteiger partial charge in [-0.15, -0.1) is 0 Å². The van der Waals surface area contributed by atoms with Crippen molar-refractivity contribution >= 4 is 5.97 Å². The van der Waals surface area contributed by atoms with Gasteiger partial charge in [0.2, 0.25) is 0 Å². The molecular weight excluding hydrogens is 128 g/mol. The molecule has 10 heavy (non-hydrogen) atoms. The summed E-state index contributed by atoms with van der Waals surface area (Å²) in [6, 6.07) is 0. The van der Waals surface area contributed by atoms with E-state index in [1.807, 2.05) is 0 Å². The summed E-state index contributed by atoms with van der Waals surface area (Å²) in [7, 11) is 0. The van der Waals surface area contributed by atoms with Crippen molar-refractivity contribution in [3.05, 3.63) is 0 Å². The fraction of sp³-hybridized carbons (Fsp3) is 0.875. The van der Waals surface area contributed by atoms with Crippen LogP contribution in [0.4, 0.5) is 0 Å². The number of hydrogen-bond acceptors (Lipinski definition) is 2. The van der Waals surface area contributed by atoms with Crippen LogP contribution < -0.4 is 5.11 Å². The Morgan fingerprint density at radius 2 is 2.10 bits per heavy atom. The molecule has 2 bridgehead atoms. The topological polar surface area (TPSA) is 40.1 Å². The third-order valence-electron chi connectivity index (χ3n) is 3.04. The molecule has 2 nitrogen and oxygen atoms in total. The standard InChI is InChI=1S/C8H12O2/c9-8(10)7-4-5-1-2-6(7)3-5/h5-7H,1-4H2,(H,9,10)/p-1/t5-,6+,7+/m1/s1. The first kappa shape index (κ1) is 6.20. The van der Waals surface area contributed by atoms with Crippen LogP contribution in [-0.4, -0.2) is 5.97 Å². The summed E-state index contributed by atoms with van der Waals surface area (Å²) in [6.07, 6.45) is 4.43. The normalized spacial score (nSPS) is 44.2. The maximum absolute atomic E-state index is 10.5. The van der Waals surface area contributed by atoms with Gasteiger partial charge < -0.3 is 9.90 Å². The van der Waals surface area contributed by atoms with E-state index >= 15 is 0 Å². The molecule has 2 fully saturated rings. The van der Waals surface area contributed by atoms with Crippen LogP contribution in [0.25, 0.3) is 0 Å². The molecule has 0 aliphatic heterocycles. The summed E-state index contributed by atoms with van der Waals surface area (Å²) in [6.45, 7) is 0. The zero-order chi connectivity index (χ0) is 7.14. The average molecular weight is 139 g/mol. The molecule has 0 aromatic carbocycles.